The van der Waals surface area contributed by atoms with Crippen LogP contribution >= 0.6 is 0 Å². The van der Waals surface area contributed by atoms with E-state index < -0.39 is 0 Å². The molecule has 2 aromatic rings. The molecule has 1 aromatic heterocycles. The predicted octanol–water partition coefficient (Wildman–Crippen LogP) is 3.09. The Bertz CT molecular complexity index is 514. The normalized spacial score (nSPS) is 10.6. The lowest BCUT2D eigenvalue weighted by Crippen LogP contribution is -2.05. The molecule has 1 aromatic carbocycles. The van der Waals surface area contributed by atoms with Crippen molar-refractivity contribution in [2.24, 2.45) is 0 Å². The molecule has 0 aliphatic heterocycles. The predicted molar refractivity (Wildman–Crippen MR) is 64.0 cm³/mol. The lowest BCUT2D eigenvalue weighted by molar-refractivity contribution is 0.0941. The molecular formula is C13H15NO2. The SMILES string of the molecule is CCCOc1cccc2ccn(C(C)=O)c12. The summed E-state index contributed by atoms with van der Waals surface area (Å²) in [7, 11) is 0. The molecule has 0 atom stereocenters. The van der Waals surface area contributed by atoms with Gasteiger partial charge in [0, 0.05) is 18.5 Å². The number of rotatable bonds is 3. The fourth-order valence-corrected chi connectivity index (χ4v) is 1.75. The van der Waals surface area contributed by atoms with Crippen LogP contribution < -0.4 is 4.74 Å². The van der Waals surface area contributed by atoms with Gasteiger partial charge in [-0.2, -0.15) is 0 Å². The van der Waals surface area contributed by atoms with E-state index in [4.69, 9.17) is 4.74 Å². The van der Waals surface area contributed by atoms with Crippen molar-refractivity contribution in [2.75, 3.05) is 6.61 Å². The Balaban J connectivity index is 2.54. The highest BCUT2D eigenvalue weighted by atomic mass is 16.5. The zero-order valence-corrected chi connectivity index (χ0v) is 9.56. The van der Waals surface area contributed by atoms with Crippen molar-refractivity contribution in [1.82, 2.24) is 4.57 Å². The minimum absolute atomic E-state index is 0.00236. The number of para-hydroxylation sites is 1. The second kappa shape index (κ2) is 4.39. The van der Waals surface area contributed by atoms with Gasteiger partial charge in [0.15, 0.2) is 0 Å². The van der Waals surface area contributed by atoms with Gasteiger partial charge in [-0.1, -0.05) is 19.1 Å². The summed E-state index contributed by atoms with van der Waals surface area (Å²) in [5.74, 6) is 0.780. The molecule has 0 amide bonds. The highest BCUT2D eigenvalue weighted by Crippen LogP contribution is 2.26. The molecule has 0 fully saturated rings. The molecule has 3 nitrogen and oxygen atoms in total. The molecule has 2 rings (SSSR count). The molecule has 1 heterocycles. The summed E-state index contributed by atoms with van der Waals surface area (Å²) in [6, 6.07) is 7.75. The van der Waals surface area contributed by atoms with E-state index in [1.54, 1.807) is 17.7 Å². The number of carbonyl (C=O) groups excluding carboxylic acids is 1. The number of ether oxygens (including phenoxy) is 1. The summed E-state index contributed by atoms with van der Waals surface area (Å²) < 4.78 is 7.27. The standard InChI is InChI=1S/C13H15NO2/c1-3-9-16-12-6-4-5-11-7-8-14(10(2)15)13(11)12/h4-8H,3,9H2,1-2H3. The van der Waals surface area contributed by atoms with Crippen molar-refractivity contribution in [3.63, 3.8) is 0 Å². The highest BCUT2D eigenvalue weighted by molar-refractivity contribution is 5.94. The summed E-state index contributed by atoms with van der Waals surface area (Å²) in [4.78, 5) is 11.5. The molecule has 16 heavy (non-hydrogen) atoms. The quantitative estimate of drug-likeness (QED) is 0.791. The Kier molecular flexibility index (Phi) is 2.95. The van der Waals surface area contributed by atoms with Gasteiger partial charge in [-0.15, -0.1) is 0 Å². The molecule has 0 aliphatic carbocycles. The molecule has 84 valence electrons. The van der Waals surface area contributed by atoms with Gasteiger partial charge in [-0.25, -0.2) is 0 Å². The molecule has 0 N–H and O–H groups in total. The fourth-order valence-electron chi connectivity index (χ4n) is 1.75. The van der Waals surface area contributed by atoms with Crippen LogP contribution in [-0.2, 0) is 0 Å². The van der Waals surface area contributed by atoms with Gasteiger partial charge in [-0.3, -0.25) is 9.36 Å². The number of hydrogen-bond acceptors (Lipinski definition) is 2. The average Bonchev–Trinajstić information content (AvgIpc) is 2.70. The Morgan fingerprint density at radius 1 is 1.38 bits per heavy atom. The van der Waals surface area contributed by atoms with Crippen LogP contribution in [0.4, 0.5) is 0 Å². The van der Waals surface area contributed by atoms with E-state index in [1.807, 2.05) is 24.3 Å². The second-order valence-electron chi connectivity index (χ2n) is 3.75. The topological polar surface area (TPSA) is 31.2 Å². The van der Waals surface area contributed by atoms with E-state index in [-0.39, 0.29) is 5.91 Å². The van der Waals surface area contributed by atoms with Gasteiger partial charge in [0.25, 0.3) is 0 Å². The molecule has 0 saturated carbocycles. The van der Waals surface area contributed by atoms with Crippen molar-refractivity contribution >= 4 is 16.8 Å². The van der Waals surface area contributed by atoms with Gasteiger partial charge < -0.3 is 4.74 Å². The van der Waals surface area contributed by atoms with Crippen molar-refractivity contribution in [2.45, 2.75) is 20.3 Å². The number of aromatic nitrogens is 1. The number of carbonyl (C=O) groups is 1. The smallest absolute Gasteiger partial charge is 0.228 e. The number of benzene rings is 1. The van der Waals surface area contributed by atoms with Crippen LogP contribution in [0.15, 0.2) is 30.5 Å². The minimum Gasteiger partial charge on any atom is -0.491 e. The summed E-state index contributed by atoms with van der Waals surface area (Å²) >= 11 is 0. The zero-order valence-electron chi connectivity index (χ0n) is 9.56. The van der Waals surface area contributed by atoms with Crippen molar-refractivity contribution in [3.8, 4) is 5.75 Å². The summed E-state index contributed by atoms with van der Waals surface area (Å²) in [6.07, 6.45) is 2.74. The number of hydrogen-bond donors (Lipinski definition) is 0. The van der Waals surface area contributed by atoms with Crippen molar-refractivity contribution < 1.29 is 9.53 Å². The maximum atomic E-state index is 11.5. The summed E-state index contributed by atoms with van der Waals surface area (Å²) in [5, 5.41) is 1.03. The molecule has 0 aliphatic rings. The van der Waals surface area contributed by atoms with E-state index >= 15 is 0 Å². The summed E-state index contributed by atoms with van der Waals surface area (Å²) in [6.45, 7) is 4.28. The Labute approximate surface area is 94.6 Å². The van der Waals surface area contributed by atoms with Gasteiger partial charge in [0.05, 0.1) is 12.1 Å². The highest BCUT2D eigenvalue weighted by Gasteiger charge is 2.09. The van der Waals surface area contributed by atoms with E-state index in [0.29, 0.717) is 6.61 Å². The van der Waals surface area contributed by atoms with Gasteiger partial charge >= 0.3 is 0 Å². The van der Waals surface area contributed by atoms with E-state index in [9.17, 15) is 4.79 Å². The third-order valence-electron chi connectivity index (χ3n) is 2.48. The van der Waals surface area contributed by atoms with E-state index in [0.717, 1.165) is 23.1 Å². The molecule has 0 saturated heterocycles. The average molecular weight is 217 g/mol. The first-order valence-electron chi connectivity index (χ1n) is 5.48. The first kappa shape index (κ1) is 10.7. The van der Waals surface area contributed by atoms with Crippen LogP contribution in [-0.4, -0.2) is 17.1 Å². The van der Waals surface area contributed by atoms with Gasteiger partial charge in [0.1, 0.15) is 5.75 Å². The first-order chi connectivity index (χ1) is 7.74. The monoisotopic (exact) mass is 217 g/mol. The van der Waals surface area contributed by atoms with E-state index in [1.165, 1.54) is 0 Å². The van der Waals surface area contributed by atoms with Gasteiger partial charge in [0.2, 0.25) is 5.91 Å². The lowest BCUT2D eigenvalue weighted by Gasteiger charge is -2.08. The molecule has 0 bridgehead atoms. The molecular weight excluding hydrogens is 202 g/mol. The van der Waals surface area contributed by atoms with Crippen LogP contribution in [0.3, 0.4) is 0 Å². The van der Waals surface area contributed by atoms with Crippen LogP contribution in [0.5, 0.6) is 5.75 Å². The largest absolute Gasteiger partial charge is 0.491 e. The van der Waals surface area contributed by atoms with Crippen LogP contribution in [0.25, 0.3) is 10.9 Å². The van der Waals surface area contributed by atoms with Gasteiger partial charge in [-0.05, 0) is 18.6 Å². The first-order valence-corrected chi connectivity index (χ1v) is 5.48. The lowest BCUT2D eigenvalue weighted by atomic mass is 10.2. The maximum Gasteiger partial charge on any atom is 0.228 e. The Morgan fingerprint density at radius 2 is 2.19 bits per heavy atom. The van der Waals surface area contributed by atoms with Crippen molar-refractivity contribution in [1.29, 1.82) is 0 Å². The molecule has 0 unspecified atom stereocenters. The number of fused-ring (bicyclic) bond motifs is 1. The van der Waals surface area contributed by atoms with E-state index in [2.05, 4.69) is 6.92 Å². The zero-order chi connectivity index (χ0) is 11.5. The van der Waals surface area contributed by atoms with Crippen LogP contribution in [0.2, 0.25) is 0 Å². The summed E-state index contributed by atoms with van der Waals surface area (Å²) in [5.41, 5.74) is 0.864. The third-order valence-corrected chi connectivity index (χ3v) is 2.48. The minimum atomic E-state index is 0.00236. The third kappa shape index (κ3) is 1.81. The fraction of sp³-hybridized carbons (Fsp3) is 0.308. The number of nitrogens with zero attached hydrogens (tertiary/aromatic N) is 1. The molecule has 0 radical (unpaired) electrons. The van der Waals surface area contributed by atoms with Crippen molar-refractivity contribution in [3.05, 3.63) is 30.5 Å². The Morgan fingerprint density at radius 3 is 2.88 bits per heavy atom. The Hall–Kier alpha value is -1.77. The molecule has 0 spiro atoms. The maximum absolute atomic E-state index is 11.5. The second-order valence-corrected chi connectivity index (χ2v) is 3.75. The molecule has 3 heteroatoms. The van der Waals surface area contributed by atoms with Crippen LogP contribution in [0, 0.1) is 0 Å². The van der Waals surface area contributed by atoms with Crippen LogP contribution in [0.1, 0.15) is 25.1 Å².